The van der Waals surface area contributed by atoms with Crippen LogP contribution in [0, 0.1) is 13.8 Å². The van der Waals surface area contributed by atoms with Gasteiger partial charge in [0.2, 0.25) is 5.28 Å². The number of rotatable bonds is 2. The predicted octanol–water partition coefficient (Wildman–Crippen LogP) is 3.10. The topological polar surface area (TPSA) is 55.0 Å². The predicted molar refractivity (Wildman–Crippen MR) is 75.4 cm³/mol. The van der Waals surface area contributed by atoms with Crippen LogP contribution < -0.4 is 10.6 Å². The van der Waals surface area contributed by atoms with Crippen molar-refractivity contribution in [2.45, 2.75) is 13.8 Å². The van der Waals surface area contributed by atoms with Gasteiger partial charge >= 0.3 is 0 Å². The summed E-state index contributed by atoms with van der Waals surface area (Å²) in [6, 6.07) is 6.26. The van der Waals surface area contributed by atoms with Gasteiger partial charge < -0.3 is 10.6 Å². The Kier molecular flexibility index (Phi) is 3.39. The zero-order valence-electron chi connectivity index (χ0n) is 10.6. The highest BCUT2D eigenvalue weighted by molar-refractivity contribution is 6.28. The van der Waals surface area contributed by atoms with E-state index in [1.54, 1.807) is 0 Å². The average Bonchev–Trinajstić information content (AvgIpc) is 2.30. The van der Waals surface area contributed by atoms with Crippen LogP contribution in [0.5, 0.6) is 0 Å². The summed E-state index contributed by atoms with van der Waals surface area (Å²) in [5, 5.41) is 0.190. The van der Waals surface area contributed by atoms with E-state index in [1.807, 2.05) is 11.9 Å². The van der Waals surface area contributed by atoms with E-state index in [0.29, 0.717) is 11.5 Å². The van der Waals surface area contributed by atoms with Crippen molar-refractivity contribution in [3.8, 4) is 0 Å². The number of aryl methyl sites for hydroxylation is 2. The number of hydrogen-bond donors (Lipinski definition) is 1. The fourth-order valence-corrected chi connectivity index (χ4v) is 2.03. The van der Waals surface area contributed by atoms with Crippen LogP contribution in [-0.2, 0) is 0 Å². The van der Waals surface area contributed by atoms with E-state index in [4.69, 9.17) is 17.3 Å². The lowest BCUT2D eigenvalue weighted by Gasteiger charge is -2.20. The lowest BCUT2D eigenvalue weighted by molar-refractivity contribution is 1.08. The molecule has 2 aromatic rings. The van der Waals surface area contributed by atoms with Crippen LogP contribution in [0.15, 0.2) is 24.4 Å². The summed E-state index contributed by atoms with van der Waals surface area (Å²) in [6.45, 7) is 4.11. The zero-order chi connectivity index (χ0) is 13.3. The van der Waals surface area contributed by atoms with Crippen LogP contribution in [-0.4, -0.2) is 17.0 Å². The van der Waals surface area contributed by atoms with Crippen LogP contribution in [0.25, 0.3) is 0 Å². The van der Waals surface area contributed by atoms with Gasteiger partial charge in [0.15, 0.2) is 5.82 Å². The maximum Gasteiger partial charge on any atom is 0.224 e. The largest absolute Gasteiger partial charge is 0.394 e. The molecule has 0 aliphatic heterocycles. The molecule has 4 nitrogen and oxygen atoms in total. The highest BCUT2D eigenvalue weighted by Gasteiger charge is 2.11. The highest BCUT2D eigenvalue weighted by Crippen LogP contribution is 2.28. The minimum Gasteiger partial charge on any atom is -0.394 e. The van der Waals surface area contributed by atoms with E-state index in [-0.39, 0.29) is 5.28 Å². The molecule has 1 aromatic carbocycles. The molecule has 0 saturated carbocycles. The number of nitrogens with two attached hydrogens (primary N) is 1. The van der Waals surface area contributed by atoms with E-state index in [0.717, 1.165) is 5.69 Å². The molecule has 18 heavy (non-hydrogen) atoms. The standard InChI is InChI=1S/C13H15ClN4/c1-8-4-9(2)6-10(5-8)18(3)12-11(15)7-16-13(14)17-12/h4-7H,15H2,1-3H3. The van der Waals surface area contributed by atoms with Gasteiger partial charge in [-0.2, -0.15) is 4.98 Å². The lowest BCUT2D eigenvalue weighted by atomic mass is 10.1. The van der Waals surface area contributed by atoms with Crippen molar-refractivity contribution >= 4 is 28.8 Å². The molecule has 0 unspecified atom stereocenters. The first-order valence-corrected chi connectivity index (χ1v) is 5.95. The molecule has 0 amide bonds. The highest BCUT2D eigenvalue weighted by atomic mass is 35.5. The van der Waals surface area contributed by atoms with Crippen molar-refractivity contribution in [1.29, 1.82) is 0 Å². The number of aromatic nitrogens is 2. The first-order valence-electron chi connectivity index (χ1n) is 5.57. The molecule has 5 heteroatoms. The Hall–Kier alpha value is -1.81. The van der Waals surface area contributed by atoms with Crippen LogP contribution in [0.3, 0.4) is 0 Å². The molecular formula is C13H15ClN4. The monoisotopic (exact) mass is 262 g/mol. The molecule has 1 heterocycles. The van der Waals surface area contributed by atoms with Gasteiger partial charge in [0.05, 0.1) is 11.9 Å². The van der Waals surface area contributed by atoms with E-state index in [2.05, 4.69) is 42.0 Å². The molecule has 0 radical (unpaired) electrons. The normalized spacial score (nSPS) is 10.4. The molecule has 0 bridgehead atoms. The first-order chi connectivity index (χ1) is 8.47. The Morgan fingerprint density at radius 1 is 1.17 bits per heavy atom. The van der Waals surface area contributed by atoms with Gasteiger partial charge in [-0.3, -0.25) is 0 Å². The number of nitrogens with zero attached hydrogens (tertiary/aromatic N) is 3. The van der Waals surface area contributed by atoms with Crippen molar-refractivity contribution in [2.24, 2.45) is 0 Å². The number of benzene rings is 1. The van der Waals surface area contributed by atoms with Crippen LogP contribution in [0.1, 0.15) is 11.1 Å². The second-order valence-electron chi connectivity index (χ2n) is 4.32. The second kappa shape index (κ2) is 4.82. The van der Waals surface area contributed by atoms with Gasteiger partial charge in [-0.1, -0.05) is 6.07 Å². The molecule has 0 saturated heterocycles. The average molecular weight is 263 g/mol. The molecule has 1 aromatic heterocycles. The van der Waals surface area contributed by atoms with Gasteiger partial charge in [-0.25, -0.2) is 4.98 Å². The molecule has 94 valence electrons. The van der Waals surface area contributed by atoms with Crippen LogP contribution in [0.4, 0.5) is 17.2 Å². The smallest absolute Gasteiger partial charge is 0.224 e. The minimum absolute atomic E-state index is 0.190. The first kappa shape index (κ1) is 12.6. The molecule has 0 aliphatic rings. The Morgan fingerprint density at radius 2 is 1.78 bits per heavy atom. The summed E-state index contributed by atoms with van der Waals surface area (Å²) in [4.78, 5) is 9.92. The minimum atomic E-state index is 0.190. The summed E-state index contributed by atoms with van der Waals surface area (Å²) >= 11 is 5.81. The molecule has 2 rings (SSSR count). The molecule has 0 aliphatic carbocycles. The molecule has 2 N–H and O–H groups in total. The lowest BCUT2D eigenvalue weighted by Crippen LogP contribution is -2.14. The Bertz CT molecular complexity index is 563. The van der Waals surface area contributed by atoms with Crippen molar-refractivity contribution in [3.05, 3.63) is 40.8 Å². The number of anilines is 3. The Balaban J connectivity index is 2.47. The van der Waals surface area contributed by atoms with Gasteiger partial charge in [-0.05, 0) is 48.7 Å². The number of hydrogen-bond acceptors (Lipinski definition) is 4. The van der Waals surface area contributed by atoms with Crippen LogP contribution in [0.2, 0.25) is 5.28 Å². The summed E-state index contributed by atoms with van der Waals surface area (Å²) in [5.74, 6) is 0.611. The third kappa shape index (κ3) is 2.54. The fraction of sp³-hybridized carbons (Fsp3) is 0.231. The molecule has 0 atom stereocenters. The summed E-state index contributed by atoms with van der Waals surface area (Å²) in [5.41, 5.74) is 9.78. The Morgan fingerprint density at radius 3 is 2.39 bits per heavy atom. The van der Waals surface area contributed by atoms with E-state index < -0.39 is 0 Å². The number of halogens is 1. The Labute approximate surface area is 111 Å². The van der Waals surface area contributed by atoms with Crippen molar-refractivity contribution in [2.75, 3.05) is 17.7 Å². The summed E-state index contributed by atoms with van der Waals surface area (Å²) < 4.78 is 0. The van der Waals surface area contributed by atoms with E-state index >= 15 is 0 Å². The SMILES string of the molecule is Cc1cc(C)cc(N(C)c2nc(Cl)ncc2N)c1. The maximum absolute atomic E-state index is 5.88. The van der Waals surface area contributed by atoms with Crippen molar-refractivity contribution < 1.29 is 0 Å². The number of nitrogen functional groups attached to an aromatic ring is 1. The van der Waals surface area contributed by atoms with E-state index in [1.165, 1.54) is 17.3 Å². The molecule has 0 spiro atoms. The van der Waals surface area contributed by atoms with Crippen LogP contribution >= 0.6 is 11.6 Å². The van der Waals surface area contributed by atoms with Gasteiger partial charge in [0.25, 0.3) is 0 Å². The van der Waals surface area contributed by atoms with Crippen molar-refractivity contribution in [3.63, 3.8) is 0 Å². The summed E-state index contributed by atoms with van der Waals surface area (Å²) in [6.07, 6.45) is 1.52. The third-order valence-electron chi connectivity index (χ3n) is 2.68. The zero-order valence-corrected chi connectivity index (χ0v) is 11.4. The fourth-order valence-electron chi connectivity index (χ4n) is 1.90. The molecule has 0 fully saturated rings. The third-order valence-corrected chi connectivity index (χ3v) is 2.86. The van der Waals surface area contributed by atoms with Crippen molar-refractivity contribution in [1.82, 2.24) is 9.97 Å². The van der Waals surface area contributed by atoms with Gasteiger partial charge in [-0.15, -0.1) is 0 Å². The second-order valence-corrected chi connectivity index (χ2v) is 4.66. The summed E-state index contributed by atoms with van der Waals surface area (Å²) in [7, 11) is 1.91. The van der Waals surface area contributed by atoms with Gasteiger partial charge in [0, 0.05) is 12.7 Å². The maximum atomic E-state index is 5.88. The molecular weight excluding hydrogens is 248 g/mol. The quantitative estimate of drug-likeness (QED) is 0.845. The van der Waals surface area contributed by atoms with E-state index in [9.17, 15) is 0 Å². The van der Waals surface area contributed by atoms with Gasteiger partial charge in [0.1, 0.15) is 0 Å².